The third-order valence-corrected chi connectivity index (χ3v) is 5.27. The van der Waals surface area contributed by atoms with Crippen LogP contribution in [0.25, 0.3) is 10.2 Å². The minimum atomic E-state index is -1.13. The summed E-state index contributed by atoms with van der Waals surface area (Å²) in [6, 6.07) is 2.81. The fraction of sp³-hybridized carbons (Fsp3) is 0.500. The molecule has 2 rings (SSSR count). The van der Waals surface area contributed by atoms with Crippen molar-refractivity contribution in [2.75, 3.05) is 0 Å². The lowest BCUT2D eigenvalue weighted by molar-refractivity contribution is -0.128. The first kappa shape index (κ1) is 20.1. The minimum absolute atomic E-state index is 0.190. The van der Waals surface area contributed by atoms with Gasteiger partial charge < -0.3 is 10.4 Å². The SMILES string of the molecule is CC(C)[C@@H](C(=O)N[C@H](C)c1nc2ccc(F)cc2s1)N(C(=O)O)C(C)C. The molecule has 0 unspecified atom stereocenters. The maximum Gasteiger partial charge on any atom is 0.408 e. The Morgan fingerprint density at radius 3 is 2.42 bits per heavy atom. The van der Waals surface area contributed by atoms with Crippen LogP contribution >= 0.6 is 11.3 Å². The van der Waals surface area contributed by atoms with Crippen molar-refractivity contribution in [3.8, 4) is 0 Å². The largest absolute Gasteiger partial charge is 0.465 e. The third-order valence-electron chi connectivity index (χ3n) is 4.07. The predicted octanol–water partition coefficient (Wildman–Crippen LogP) is 4.03. The highest BCUT2D eigenvalue weighted by Gasteiger charge is 2.35. The van der Waals surface area contributed by atoms with Crippen LogP contribution in [0, 0.1) is 11.7 Å². The topological polar surface area (TPSA) is 82.5 Å². The van der Waals surface area contributed by atoms with Crippen LogP contribution in [0.2, 0.25) is 0 Å². The number of nitrogens with zero attached hydrogens (tertiary/aromatic N) is 2. The van der Waals surface area contributed by atoms with Crippen LogP contribution in [0.5, 0.6) is 0 Å². The zero-order valence-corrected chi connectivity index (χ0v) is 16.3. The fourth-order valence-electron chi connectivity index (χ4n) is 2.87. The molecule has 0 fully saturated rings. The van der Waals surface area contributed by atoms with Gasteiger partial charge in [0.05, 0.1) is 16.3 Å². The molecule has 2 aromatic rings. The highest BCUT2D eigenvalue weighted by atomic mass is 32.1. The van der Waals surface area contributed by atoms with Crippen LogP contribution in [0.15, 0.2) is 18.2 Å². The van der Waals surface area contributed by atoms with Gasteiger partial charge in [0.15, 0.2) is 0 Å². The number of thiazole rings is 1. The van der Waals surface area contributed by atoms with Gasteiger partial charge in [-0.2, -0.15) is 0 Å². The van der Waals surface area contributed by atoms with Crippen molar-refractivity contribution in [1.29, 1.82) is 0 Å². The first-order valence-electron chi connectivity index (χ1n) is 8.49. The van der Waals surface area contributed by atoms with E-state index >= 15 is 0 Å². The number of carboxylic acid groups (broad SMARTS) is 1. The Kier molecular flexibility index (Phi) is 6.17. The molecule has 6 nitrogen and oxygen atoms in total. The van der Waals surface area contributed by atoms with Crippen molar-refractivity contribution >= 4 is 33.6 Å². The van der Waals surface area contributed by atoms with E-state index in [0.717, 1.165) is 0 Å². The standard InChI is InChI=1S/C18H24FN3O3S/c1-9(2)15(22(10(3)4)18(24)25)16(23)20-11(5)17-21-13-7-6-12(19)8-14(13)26-17/h6-11,15H,1-5H3,(H,20,23)(H,24,25)/t11-,15+/m1/s1. The Bertz CT molecular complexity index is 806. The summed E-state index contributed by atoms with van der Waals surface area (Å²) in [5.74, 6) is -0.891. The van der Waals surface area contributed by atoms with Crippen molar-refractivity contribution in [2.24, 2.45) is 5.92 Å². The Labute approximate surface area is 156 Å². The van der Waals surface area contributed by atoms with Gasteiger partial charge in [-0.3, -0.25) is 9.69 Å². The highest BCUT2D eigenvalue weighted by Crippen LogP contribution is 2.27. The van der Waals surface area contributed by atoms with Crippen molar-refractivity contribution in [1.82, 2.24) is 15.2 Å². The average Bonchev–Trinajstić information content (AvgIpc) is 2.94. The van der Waals surface area contributed by atoms with E-state index in [1.54, 1.807) is 26.8 Å². The number of benzene rings is 1. The number of carbonyl (C=O) groups excluding carboxylic acids is 1. The summed E-state index contributed by atoms with van der Waals surface area (Å²) in [5.41, 5.74) is 0.669. The lowest BCUT2D eigenvalue weighted by Gasteiger charge is -2.34. The number of aromatic nitrogens is 1. The van der Waals surface area contributed by atoms with Crippen molar-refractivity contribution < 1.29 is 19.1 Å². The normalized spacial score (nSPS) is 13.8. The second-order valence-electron chi connectivity index (χ2n) is 6.87. The molecule has 0 bridgehead atoms. The van der Waals surface area contributed by atoms with Crippen LogP contribution in [0.1, 0.15) is 45.7 Å². The molecule has 0 saturated heterocycles. The Morgan fingerprint density at radius 2 is 1.88 bits per heavy atom. The Morgan fingerprint density at radius 1 is 1.23 bits per heavy atom. The zero-order chi connectivity index (χ0) is 19.6. The molecular formula is C18H24FN3O3S. The van der Waals surface area contributed by atoms with E-state index in [9.17, 15) is 19.1 Å². The van der Waals surface area contributed by atoms with Crippen LogP contribution in [-0.4, -0.2) is 39.1 Å². The molecule has 1 aromatic heterocycles. The average molecular weight is 381 g/mol. The molecule has 2 atom stereocenters. The van der Waals surface area contributed by atoms with Crippen LogP contribution in [0.4, 0.5) is 9.18 Å². The molecule has 2 N–H and O–H groups in total. The number of amides is 2. The summed E-state index contributed by atoms with van der Waals surface area (Å²) in [4.78, 5) is 30.0. The summed E-state index contributed by atoms with van der Waals surface area (Å²) >= 11 is 1.31. The van der Waals surface area contributed by atoms with Crippen LogP contribution in [-0.2, 0) is 4.79 Å². The fourth-order valence-corrected chi connectivity index (χ4v) is 3.87. The van der Waals surface area contributed by atoms with Gasteiger partial charge in [0.25, 0.3) is 0 Å². The number of carbonyl (C=O) groups is 2. The molecule has 1 heterocycles. The second kappa shape index (κ2) is 7.99. The molecule has 1 aromatic carbocycles. The number of halogens is 1. The van der Waals surface area contributed by atoms with E-state index in [1.165, 1.54) is 28.4 Å². The maximum atomic E-state index is 13.3. The van der Waals surface area contributed by atoms with Crippen molar-refractivity contribution in [3.63, 3.8) is 0 Å². The smallest absolute Gasteiger partial charge is 0.408 e. The molecule has 2 amide bonds. The van der Waals surface area contributed by atoms with E-state index < -0.39 is 18.2 Å². The van der Waals surface area contributed by atoms with Crippen molar-refractivity contribution in [2.45, 2.75) is 52.7 Å². The molecule has 0 aliphatic heterocycles. The van der Waals surface area contributed by atoms with Gasteiger partial charge in [0.2, 0.25) is 5.91 Å². The van der Waals surface area contributed by atoms with Crippen LogP contribution in [0.3, 0.4) is 0 Å². The minimum Gasteiger partial charge on any atom is -0.465 e. The monoisotopic (exact) mass is 381 g/mol. The van der Waals surface area contributed by atoms with Crippen molar-refractivity contribution in [3.05, 3.63) is 29.0 Å². The Hall–Kier alpha value is -2.22. The lowest BCUT2D eigenvalue weighted by Crippen LogP contribution is -2.54. The zero-order valence-electron chi connectivity index (χ0n) is 15.5. The molecule has 26 heavy (non-hydrogen) atoms. The molecule has 0 aliphatic rings. The lowest BCUT2D eigenvalue weighted by atomic mass is 10.00. The van der Waals surface area contributed by atoms with Gasteiger partial charge in [-0.1, -0.05) is 13.8 Å². The summed E-state index contributed by atoms with van der Waals surface area (Å²) in [6.45, 7) is 8.88. The van der Waals surface area contributed by atoms with Gasteiger partial charge in [-0.25, -0.2) is 14.2 Å². The van der Waals surface area contributed by atoms with Crippen LogP contribution < -0.4 is 5.32 Å². The molecule has 0 saturated carbocycles. The summed E-state index contributed by atoms with van der Waals surface area (Å²) in [5, 5.41) is 13.0. The number of hydrogen-bond donors (Lipinski definition) is 2. The van der Waals surface area contributed by atoms with E-state index in [4.69, 9.17) is 0 Å². The molecule has 142 valence electrons. The van der Waals surface area contributed by atoms with Gasteiger partial charge in [0.1, 0.15) is 16.9 Å². The quantitative estimate of drug-likeness (QED) is 0.791. The third kappa shape index (κ3) is 4.30. The first-order chi connectivity index (χ1) is 12.1. The predicted molar refractivity (Wildman–Crippen MR) is 99.8 cm³/mol. The van der Waals surface area contributed by atoms with E-state index in [2.05, 4.69) is 10.3 Å². The number of fused-ring (bicyclic) bond motifs is 1. The molecule has 0 radical (unpaired) electrons. The van der Waals surface area contributed by atoms with E-state index in [0.29, 0.717) is 15.2 Å². The van der Waals surface area contributed by atoms with Gasteiger partial charge in [0, 0.05) is 6.04 Å². The van der Waals surface area contributed by atoms with Gasteiger partial charge in [-0.15, -0.1) is 11.3 Å². The second-order valence-corrected chi connectivity index (χ2v) is 7.93. The number of hydrogen-bond acceptors (Lipinski definition) is 4. The van der Waals surface area contributed by atoms with E-state index in [-0.39, 0.29) is 23.7 Å². The van der Waals surface area contributed by atoms with Gasteiger partial charge >= 0.3 is 6.09 Å². The molecule has 8 heteroatoms. The summed E-state index contributed by atoms with van der Waals surface area (Å²) < 4.78 is 14.0. The molecule has 0 spiro atoms. The maximum absolute atomic E-state index is 13.3. The molecular weight excluding hydrogens is 357 g/mol. The molecule has 0 aliphatic carbocycles. The Balaban J connectivity index is 2.22. The highest BCUT2D eigenvalue weighted by molar-refractivity contribution is 7.18. The number of nitrogens with one attached hydrogen (secondary N) is 1. The van der Waals surface area contributed by atoms with E-state index in [1.807, 2.05) is 13.8 Å². The number of rotatable bonds is 6. The summed E-state index contributed by atoms with van der Waals surface area (Å²) in [6.07, 6.45) is -1.13. The first-order valence-corrected chi connectivity index (χ1v) is 9.31. The summed E-state index contributed by atoms with van der Waals surface area (Å²) in [7, 11) is 0. The van der Waals surface area contributed by atoms with Gasteiger partial charge in [-0.05, 0) is 44.9 Å².